The number of carbonyl (C=O) groups is 3. The quantitative estimate of drug-likeness (QED) is 0.281. The van der Waals surface area contributed by atoms with Crippen LogP contribution in [0, 0.1) is 5.82 Å². The van der Waals surface area contributed by atoms with Crippen molar-refractivity contribution in [3.05, 3.63) is 53.3 Å². The van der Waals surface area contributed by atoms with Crippen LogP contribution in [0.25, 0.3) is 0 Å². The fourth-order valence-electron chi connectivity index (χ4n) is 7.84. The first-order valence-electron chi connectivity index (χ1n) is 19.9. The summed E-state index contributed by atoms with van der Waals surface area (Å²) in [5, 5.41) is 0. The lowest BCUT2D eigenvalue weighted by Gasteiger charge is -2.37. The Kier molecular flexibility index (Phi) is 12.2. The largest absolute Gasteiger partial charge is 0.490 e. The zero-order valence-electron chi connectivity index (χ0n) is 33.0. The molecule has 1 atom stereocenters. The molecule has 54 heavy (non-hydrogen) atoms. The van der Waals surface area contributed by atoms with E-state index in [-0.39, 0.29) is 36.1 Å². The number of rotatable bonds is 7. The maximum Gasteiger partial charge on any atom is 0.410 e. The molecule has 2 aromatic carbocycles. The van der Waals surface area contributed by atoms with Crippen LogP contribution in [-0.4, -0.2) is 109 Å². The number of likely N-dealkylation sites (tertiary alicyclic amines) is 2. The van der Waals surface area contributed by atoms with Gasteiger partial charge in [0.05, 0.1) is 6.54 Å². The number of ether oxygens (including phenoxy) is 4. The Hall–Kier alpha value is -4.22. The van der Waals surface area contributed by atoms with Gasteiger partial charge in [0.1, 0.15) is 40.7 Å². The summed E-state index contributed by atoms with van der Waals surface area (Å²) in [7, 11) is 0. The van der Waals surface area contributed by atoms with Crippen LogP contribution in [0.5, 0.6) is 11.5 Å². The van der Waals surface area contributed by atoms with Gasteiger partial charge in [-0.3, -0.25) is 4.79 Å². The van der Waals surface area contributed by atoms with Crippen LogP contribution in [-0.2, 0) is 9.47 Å². The highest BCUT2D eigenvalue weighted by Gasteiger charge is 2.33. The molecule has 11 nitrogen and oxygen atoms in total. The zero-order valence-corrected chi connectivity index (χ0v) is 33.0. The van der Waals surface area contributed by atoms with E-state index in [2.05, 4.69) is 4.90 Å². The van der Waals surface area contributed by atoms with Crippen molar-refractivity contribution in [2.75, 3.05) is 57.3 Å². The molecular weight excluding hydrogens is 691 g/mol. The van der Waals surface area contributed by atoms with Gasteiger partial charge < -0.3 is 38.5 Å². The highest BCUT2D eigenvalue weighted by molar-refractivity contribution is 5.94. The van der Waals surface area contributed by atoms with E-state index in [0.717, 1.165) is 49.1 Å². The SMILES string of the molecule is CC(C)(C)OC(=O)N1CCN(c2cc(F)cc(OC3CCN(C(=O)c4ccc(O[C@@H]5CCN(C(=O)OC(C)(C)C)C5)c(C5CCCCC5)c4)CC3)c2)CC1. The smallest absolute Gasteiger partial charge is 0.410 e. The number of piperazine rings is 1. The fraction of sp³-hybridized carbons (Fsp3) is 0.643. The third-order valence-corrected chi connectivity index (χ3v) is 10.6. The third-order valence-electron chi connectivity index (χ3n) is 10.6. The standard InChI is InChI=1S/C42H59FN4O7/c1-41(2,3)53-39(49)46-22-20-44(21-23-46)32-25-31(43)26-35(27-32)51-33-14-17-45(18-15-33)38(48)30-12-13-37(36(24-30)29-10-8-7-9-11-29)52-34-16-19-47(28-34)40(50)54-42(4,5)6/h12-13,24-27,29,33-34H,7-11,14-23,28H2,1-6H3/t34-/m1/s1. The van der Waals surface area contributed by atoms with Crippen molar-refractivity contribution in [2.24, 2.45) is 0 Å². The molecule has 1 aliphatic carbocycles. The highest BCUT2D eigenvalue weighted by Crippen LogP contribution is 2.39. The van der Waals surface area contributed by atoms with Gasteiger partial charge in [-0.1, -0.05) is 19.3 Å². The monoisotopic (exact) mass is 750 g/mol. The molecule has 0 aromatic heterocycles. The van der Waals surface area contributed by atoms with Gasteiger partial charge in [-0.05, 0) is 90.1 Å². The third kappa shape index (κ3) is 10.5. The first-order chi connectivity index (χ1) is 25.6. The van der Waals surface area contributed by atoms with Crippen LogP contribution >= 0.6 is 0 Å². The van der Waals surface area contributed by atoms with Crippen LogP contribution in [0.3, 0.4) is 0 Å². The summed E-state index contributed by atoms with van der Waals surface area (Å²) < 4.78 is 38.8. The van der Waals surface area contributed by atoms with E-state index in [4.69, 9.17) is 18.9 Å². The van der Waals surface area contributed by atoms with Crippen LogP contribution in [0.15, 0.2) is 36.4 Å². The molecule has 4 aliphatic rings. The minimum atomic E-state index is -0.558. The van der Waals surface area contributed by atoms with Crippen LogP contribution in [0.4, 0.5) is 19.7 Å². The van der Waals surface area contributed by atoms with E-state index in [1.807, 2.05) is 70.7 Å². The molecule has 1 saturated carbocycles. The Morgan fingerprint density at radius 1 is 0.648 bits per heavy atom. The Balaban J connectivity index is 1.04. The summed E-state index contributed by atoms with van der Waals surface area (Å²) in [5.41, 5.74) is 1.35. The maximum atomic E-state index is 14.8. The molecule has 296 valence electrons. The van der Waals surface area contributed by atoms with E-state index in [1.165, 1.54) is 18.6 Å². The molecule has 0 radical (unpaired) electrons. The number of piperidine rings is 1. The first kappa shape index (κ1) is 39.5. The second kappa shape index (κ2) is 16.7. The Morgan fingerprint density at radius 2 is 1.26 bits per heavy atom. The van der Waals surface area contributed by atoms with E-state index >= 15 is 0 Å². The highest BCUT2D eigenvalue weighted by atomic mass is 19.1. The molecule has 0 unspecified atom stereocenters. The van der Waals surface area contributed by atoms with Gasteiger partial charge in [0, 0.05) is 88.5 Å². The molecule has 0 bridgehead atoms. The van der Waals surface area contributed by atoms with Gasteiger partial charge in [-0.25, -0.2) is 14.0 Å². The van der Waals surface area contributed by atoms with Crippen molar-refractivity contribution in [1.82, 2.24) is 14.7 Å². The number of benzene rings is 2. The summed E-state index contributed by atoms with van der Waals surface area (Å²) >= 11 is 0. The lowest BCUT2D eigenvalue weighted by atomic mass is 9.83. The van der Waals surface area contributed by atoms with Crippen LogP contribution < -0.4 is 14.4 Å². The number of hydrogen-bond donors (Lipinski definition) is 0. The van der Waals surface area contributed by atoms with Crippen molar-refractivity contribution in [1.29, 1.82) is 0 Å². The normalized spacial score (nSPS) is 20.5. The predicted molar refractivity (Wildman–Crippen MR) is 205 cm³/mol. The van der Waals surface area contributed by atoms with Gasteiger partial charge in [-0.15, -0.1) is 0 Å². The van der Waals surface area contributed by atoms with Crippen molar-refractivity contribution < 1.29 is 37.7 Å². The average Bonchev–Trinajstić information content (AvgIpc) is 3.59. The minimum Gasteiger partial charge on any atom is -0.490 e. The number of amides is 3. The lowest BCUT2D eigenvalue weighted by Crippen LogP contribution is -2.50. The van der Waals surface area contributed by atoms with Gasteiger partial charge in [0.25, 0.3) is 5.91 Å². The molecule has 0 spiro atoms. The summed E-state index contributed by atoms with van der Waals surface area (Å²) in [4.78, 5) is 46.4. The van der Waals surface area contributed by atoms with E-state index in [0.29, 0.717) is 82.4 Å². The van der Waals surface area contributed by atoms with Gasteiger partial charge in [-0.2, -0.15) is 0 Å². The molecule has 12 heteroatoms. The van der Waals surface area contributed by atoms with Crippen LogP contribution in [0.2, 0.25) is 0 Å². The van der Waals surface area contributed by atoms with Crippen molar-refractivity contribution >= 4 is 23.8 Å². The number of carbonyl (C=O) groups excluding carboxylic acids is 3. The van der Waals surface area contributed by atoms with Gasteiger partial charge >= 0.3 is 12.2 Å². The van der Waals surface area contributed by atoms with Gasteiger partial charge in [0.15, 0.2) is 0 Å². The van der Waals surface area contributed by atoms with E-state index in [9.17, 15) is 18.8 Å². The lowest BCUT2D eigenvalue weighted by molar-refractivity contribution is 0.0237. The maximum absolute atomic E-state index is 14.8. The Labute approximate surface area is 320 Å². The topological polar surface area (TPSA) is 101 Å². The second-order valence-corrected chi connectivity index (χ2v) is 17.3. The molecule has 3 saturated heterocycles. The summed E-state index contributed by atoms with van der Waals surface area (Å²) in [5.74, 6) is 1.22. The number of anilines is 1. The van der Waals surface area contributed by atoms with E-state index in [1.54, 1.807) is 9.80 Å². The fourth-order valence-corrected chi connectivity index (χ4v) is 7.84. The van der Waals surface area contributed by atoms with E-state index < -0.39 is 11.2 Å². The van der Waals surface area contributed by atoms with Gasteiger partial charge in [0.2, 0.25) is 0 Å². The number of hydrogen-bond acceptors (Lipinski definition) is 8. The average molecular weight is 751 g/mol. The number of halogens is 1. The van der Waals surface area contributed by atoms with Crippen molar-refractivity contribution in [3.63, 3.8) is 0 Å². The number of nitrogens with zero attached hydrogens (tertiary/aromatic N) is 4. The zero-order chi connectivity index (χ0) is 38.6. The molecule has 3 amide bonds. The molecule has 6 rings (SSSR count). The predicted octanol–water partition coefficient (Wildman–Crippen LogP) is 8.00. The molecule has 2 aromatic rings. The molecular formula is C42H59FN4O7. The Bertz CT molecular complexity index is 1630. The van der Waals surface area contributed by atoms with Crippen molar-refractivity contribution in [3.8, 4) is 11.5 Å². The van der Waals surface area contributed by atoms with Crippen molar-refractivity contribution in [2.45, 2.75) is 122 Å². The summed E-state index contributed by atoms with van der Waals surface area (Å²) in [6.45, 7) is 15.4. The molecule has 3 heterocycles. The molecule has 0 N–H and O–H groups in total. The van der Waals surface area contributed by atoms with Crippen LogP contribution in [0.1, 0.15) is 115 Å². The summed E-state index contributed by atoms with van der Waals surface area (Å²) in [6, 6.07) is 10.6. The molecule has 4 fully saturated rings. The Morgan fingerprint density at radius 3 is 1.91 bits per heavy atom. The molecule has 3 aliphatic heterocycles. The second-order valence-electron chi connectivity index (χ2n) is 17.3. The first-order valence-corrected chi connectivity index (χ1v) is 19.9. The minimum absolute atomic E-state index is 0.00686. The summed E-state index contributed by atoms with van der Waals surface area (Å²) in [6.07, 6.45) is 6.74.